The summed E-state index contributed by atoms with van der Waals surface area (Å²) in [6.07, 6.45) is -0.531. The first-order valence-electron chi connectivity index (χ1n) is 9.44. The van der Waals surface area contributed by atoms with E-state index >= 15 is 0 Å². The standard InChI is InChI=1S/C18H23F4NO6S2/c1-11-18(2,7-5-6-14(21)31(27,28)29)15-12(19)10-13(20)16(22)17(15)23(11)8-3-4-9-30(24,25)26/h10,14H,3-9H2,1-2H3,(H-,24,25,26,27,28,29)/p+1. The second-order valence-corrected chi connectivity index (χ2v) is 10.9. The fourth-order valence-corrected chi connectivity index (χ4v) is 4.95. The van der Waals surface area contributed by atoms with Crippen molar-refractivity contribution < 1.29 is 48.1 Å². The van der Waals surface area contributed by atoms with Crippen LogP contribution in [0.5, 0.6) is 0 Å². The van der Waals surface area contributed by atoms with Crippen LogP contribution in [0.15, 0.2) is 6.07 Å². The van der Waals surface area contributed by atoms with Crippen molar-refractivity contribution >= 4 is 31.6 Å². The third kappa shape index (κ3) is 5.62. The number of rotatable bonds is 10. The highest BCUT2D eigenvalue weighted by Gasteiger charge is 2.50. The van der Waals surface area contributed by atoms with E-state index < -0.39 is 60.8 Å². The van der Waals surface area contributed by atoms with Gasteiger partial charge in [0.2, 0.25) is 11.3 Å². The maximum Gasteiger partial charge on any atom is 0.297 e. The van der Waals surface area contributed by atoms with Crippen LogP contribution in [0.25, 0.3) is 0 Å². The van der Waals surface area contributed by atoms with Gasteiger partial charge in [-0.15, -0.1) is 0 Å². The first-order chi connectivity index (χ1) is 14.1. The quantitative estimate of drug-likeness (QED) is 0.171. The first kappa shape index (κ1) is 25.7. The smallest absolute Gasteiger partial charge is 0.286 e. The Kier molecular flexibility index (Phi) is 7.56. The summed E-state index contributed by atoms with van der Waals surface area (Å²) in [4.78, 5) is 0. The fourth-order valence-electron chi connectivity index (χ4n) is 3.91. The minimum absolute atomic E-state index is 0.000508. The largest absolute Gasteiger partial charge is 0.297 e. The molecule has 1 aliphatic rings. The van der Waals surface area contributed by atoms with Gasteiger partial charge < -0.3 is 0 Å². The minimum Gasteiger partial charge on any atom is -0.286 e. The molecule has 0 saturated carbocycles. The molecule has 0 amide bonds. The van der Waals surface area contributed by atoms with Crippen LogP contribution in [-0.4, -0.2) is 54.0 Å². The molecule has 0 radical (unpaired) electrons. The summed E-state index contributed by atoms with van der Waals surface area (Å²) >= 11 is 0. The van der Waals surface area contributed by atoms with Crippen molar-refractivity contribution in [3.05, 3.63) is 29.1 Å². The number of hydrogen-bond acceptors (Lipinski definition) is 4. The average molecular weight is 491 g/mol. The van der Waals surface area contributed by atoms with Crippen LogP contribution in [-0.2, 0) is 25.7 Å². The molecular formula is C18H24F4NO6S2+. The summed E-state index contributed by atoms with van der Waals surface area (Å²) < 4.78 is 119. The lowest BCUT2D eigenvalue weighted by atomic mass is 9.75. The van der Waals surface area contributed by atoms with Gasteiger partial charge in [0, 0.05) is 19.4 Å². The summed E-state index contributed by atoms with van der Waals surface area (Å²) in [7, 11) is -9.08. The monoisotopic (exact) mass is 490 g/mol. The average Bonchev–Trinajstić information content (AvgIpc) is 2.84. The highest BCUT2D eigenvalue weighted by Crippen LogP contribution is 2.46. The number of fused-ring (bicyclic) bond motifs is 1. The Balaban J connectivity index is 2.38. The van der Waals surface area contributed by atoms with E-state index in [0.29, 0.717) is 11.8 Å². The number of nitrogens with zero attached hydrogens (tertiary/aromatic N) is 1. The lowest BCUT2D eigenvalue weighted by Crippen LogP contribution is -2.31. The van der Waals surface area contributed by atoms with Crippen molar-refractivity contribution in [2.75, 3.05) is 12.3 Å². The number of halogens is 4. The third-order valence-corrected chi connectivity index (χ3v) is 7.32. The fraction of sp³-hybridized carbons (Fsp3) is 0.611. The molecule has 7 nitrogen and oxygen atoms in total. The molecule has 2 rings (SSSR count). The predicted molar refractivity (Wildman–Crippen MR) is 105 cm³/mol. The van der Waals surface area contributed by atoms with Crippen LogP contribution in [0.2, 0.25) is 0 Å². The minimum atomic E-state index is -4.89. The highest BCUT2D eigenvalue weighted by atomic mass is 32.2. The molecule has 0 fully saturated rings. The zero-order valence-corrected chi connectivity index (χ0v) is 18.5. The lowest BCUT2D eigenvalue weighted by Gasteiger charge is -2.23. The van der Waals surface area contributed by atoms with E-state index in [1.165, 1.54) is 18.4 Å². The Morgan fingerprint density at radius 3 is 2.23 bits per heavy atom. The van der Waals surface area contributed by atoms with E-state index in [0.717, 1.165) is 0 Å². The van der Waals surface area contributed by atoms with Gasteiger partial charge in [0.25, 0.3) is 25.9 Å². The molecule has 0 aliphatic carbocycles. The topological polar surface area (TPSA) is 112 Å². The van der Waals surface area contributed by atoms with Gasteiger partial charge in [0.1, 0.15) is 12.4 Å². The van der Waals surface area contributed by atoms with Gasteiger partial charge in [-0.05, 0) is 32.6 Å². The molecule has 1 heterocycles. The third-order valence-electron chi connectivity index (χ3n) is 5.64. The van der Waals surface area contributed by atoms with E-state index in [-0.39, 0.29) is 43.5 Å². The number of unbranched alkanes of at least 4 members (excludes halogenated alkanes) is 1. The van der Waals surface area contributed by atoms with Crippen LogP contribution in [0.1, 0.15) is 51.5 Å². The number of hydrogen-bond donors (Lipinski definition) is 2. The maximum atomic E-state index is 14.7. The number of benzene rings is 1. The molecule has 0 spiro atoms. The van der Waals surface area contributed by atoms with Gasteiger partial charge in [0.05, 0.1) is 16.7 Å². The SMILES string of the molecule is CC1=[N+](CCCCS(=O)(=O)O)c2c(F)c(F)cc(F)c2C1(C)CCCC(F)S(=O)(=O)O. The highest BCUT2D eigenvalue weighted by molar-refractivity contribution is 7.86. The Labute approximate surface area is 178 Å². The zero-order valence-electron chi connectivity index (χ0n) is 16.9. The second kappa shape index (κ2) is 9.12. The predicted octanol–water partition coefficient (Wildman–Crippen LogP) is 3.50. The summed E-state index contributed by atoms with van der Waals surface area (Å²) in [6, 6.07) is 0.400. The Morgan fingerprint density at radius 2 is 1.68 bits per heavy atom. The van der Waals surface area contributed by atoms with E-state index in [1.807, 2.05) is 0 Å². The van der Waals surface area contributed by atoms with Crippen molar-refractivity contribution in [2.24, 2.45) is 0 Å². The van der Waals surface area contributed by atoms with Crippen LogP contribution in [0, 0.1) is 17.5 Å². The molecule has 31 heavy (non-hydrogen) atoms. The van der Waals surface area contributed by atoms with Crippen molar-refractivity contribution in [3.8, 4) is 0 Å². The molecule has 2 N–H and O–H groups in total. The molecule has 0 aromatic heterocycles. The van der Waals surface area contributed by atoms with Crippen molar-refractivity contribution in [3.63, 3.8) is 0 Å². The molecule has 1 aromatic rings. The molecule has 13 heteroatoms. The molecule has 2 atom stereocenters. The first-order valence-corrected chi connectivity index (χ1v) is 12.6. The van der Waals surface area contributed by atoms with Crippen molar-refractivity contribution in [1.82, 2.24) is 0 Å². The molecule has 1 aliphatic heterocycles. The summed E-state index contributed by atoms with van der Waals surface area (Å²) in [5.74, 6) is -4.26. The summed E-state index contributed by atoms with van der Waals surface area (Å²) in [6.45, 7) is 3.07. The van der Waals surface area contributed by atoms with Crippen LogP contribution >= 0.6 is 0 Å². The van der Waals surface area contributed by atoms with Crippen LogP contribution in [0.4, 0.5) is 23.2 Å². The van der Waals surface area contributed by atoms with E-state index in [2.05, 4.69) is 0 Å². The Hall–Kier alpha value is -1.57. The van der Waals surface area contributed by atoms with Crippen molar-refractivity contribution in [1.29, 1.82) is 0 Å². The molecule has 2 unspecified atom stereocenters. The Morgan fingerprint density at radius 1 is 1.06 bits per heavy atom. The zero-order chi connectivity index (χ0) is 23.8. The van der Waals surface area contributed by atoms with E-state index in [1.54, 1.807) is 0 Å². The van der Waals surface area contributed by atoms with Gasteiger partial charge in [-0.3, -0.25) is 9.11 Å². The molecular weight excluding hydrogens is 466 g/mol. The molecule has 176 valence electrons. The molecule has 0 saturated heterocycles. The normalized spacial score (nSPS) is 20.3. The lowest BCUT2D eigenvalue weighted by molar-refractivity contribution is -0.442. The van der Waals surface area contributed by atoms with Gasteiger partial charge in [-0.2, -0.15) is 25.8 Å². The van der Waals surface area contributed by atoms with E-state index in [9.17, 15) is 34.4 Å². The summed E-state index contributed by atoms with van der Waals surface area (Å²) in [5, 5.41) is 0. The van der Waals surface area contributed by atoms with E-state index in [4.69, 9.17) is 9.11 Å². The maximum absolute atomic E-state index is 14.7. The van der Waals surface area contributed by atoms with Gasteiger partial charge in [-0.25, -0.2) is 13.2 Å². The van der Waals surface area contributed by atoms with Crippen LogP contribution in [0.3, 0.4) is 0 Å². The molecule has 0 bridgehead atoms. The second-order valence-electron chi connectivity index (χ2n) is 7.76. The molecule has 1 aromatic carbocycles. The van der Waals surface area contributed by atoms with Gasteiger partial charge >= 0.3 is 0 Å². The van der Waals surface area contributed by atoms with Gasteiger partial charge in [-0.1, -0.05) is 0 Å². The van der Waals surface area contributed by atoms with Crippen LogP contribution < -0.4 is 0 Å². The summed E-state index contributed by atoms with van der Waals surface area (Å²) in [5.41, 5.74) is -3.88. The van der Waals surface area contributed by atoms with Crippen molar-refractivity contribution in [2.45, 2.75) is 56.9 Å². The Bertz CT molecular complexity index is 1100. The number of alkyl halides is 1. The van der Waals surface area contributed by atoms with Gasteiger partial charge in [0.15, 0.2) is 11.5 Å².